The van der Waals surface area contributed by atoms with Gasteiger partial charge in [0.2, 0.25) is 10.0 Å². The van der Waals surface area contributed by atoms with Crippen molar-refractivity contribution in [2.24, 2.45) is 0 Å². The predicted molar refractivity (Wildman–Crippen MR) is 76.2 cm³/mol. The van der Waals surface area contributed by atoms with Crippen LogP contribution in [0.25, 0.3) is 0 Å². The van der Waals surface area contributed by atoms with Crippen molar-refractivity contribution in [3.05, 3.63) is 17.7 Å². The molecule has 0 bridgehead atoms. The molecule has 20 heavy (non-hydrogen) atoms. The van der Waals surface area contributed by atoms with Crippen molar-refractivity contribution >= 4 is 15.7 Å². The van der Waals surface area contributed by atoms with E-state index in [4.69, 9.17) is 10.5 Å². The highest BCUT2D eigenvalue weighted by atomic mass is 32.2. The smallest absolute Gasteiger partial charge is 0.244 e. The molecule has 1 aromatic carbocycles. The van der Waals surface area contributed by atoms with Crippen molar-refractivity contribution in [2.75, 3.05) is 18.9 Å². The lowest BCUT2D eigenvalue weighted by atomic mass is 10.1. The third-order valence-electron chi connectivity index (χ3n) is 2.98. The molecule has 0 saturated carbocycles. The predicted octanol–water partition coefficient (Wildman–Crippen LogP) is 0.643. The lowest BCUT2D eigenvalue weighted by Gasteiger charge is -2.22. The van der Waals surface area contributed by atoms with Crippen LogP contribution in [-0.2, 0) is 16.4 Å². The second-order valence-electron chi connectivity index (χ2n) is 5.60. The van der Waals surface area contributed by atoms with Crippen LogP contribution in [0.1, 0.15) is 25.8 Å². The molecule has 1 aliphatic rings. The lowest BCUT2D eigenvalue weighted by molar-refractivity contribution is 0.0857. The molecule has 112 valence electrons. The average molecular weight is 300 g/mol. The fourth-order valence-electron chi connectivity index (χ4n) is 2.02. The number of aliphatic hydroxyl groups is 1. The number of hydrogen-bond donors (Lipinski definition) is 3. The Bertz CT molecular complexity index is 606. The van der Waals surface area contributed by atoms with Gasteiger partial charge in [0.15, 0.2) is 0 Å². The normalized spacial score (nSPS) is 15.6. The second kappa shape index (κ2) is 5.23. The molecule has 0 aromatic heterocycles. The Kier molecular flexibility index (Phi) is 3.95. The van der Waals surface area contributed by atoms with E-state index in [-0.39, 0.29) is 11.4 Å². The van der Waals surface area contributed by atoms with Crippen LogP contribution < -0.4 is 15.2 Å². The third-order valence-corrected chi connectivity index (χ3v) is 4.38. The van der Waals surface area contributed by atoms with Crippen LogP contribution in [0.5, 0.6) is 5.75 Å². The topological polar surface area (TPSA) is 102 Å². The summed E-state index contributed by atoms with van der Waals surface area (Å²) in [6.07, 6.45) is 1.58. The zero-order valence-electron chi connectivity index (χ0n) is 11.6. The van der Waals surface area contributed by atoms with Crippen molar-refractivity contribution in [3.63, 3.8) is 0 Å². The number of anilines is 1. The van der Waals surface area contributed by atoms with E-state index in [0.717, 1.165) is 18.4 Å². The van der Waals surface area contributed by atoms with Crippen LogP contribution in [0.2, 0.25) is 0 Å². The number of sulfonamides is 1. The number of rotatable bonds is 4. The van der Waals surface area contributed by atoms with E-state index in [0.29, 0.717) is 18.0 Å². The maximum Gasteiger partial charge on any atom is 0.244 e. The molecule has 2 rings (SSSR count). The Morgan fingerprint density at radius 1 is 1.45 bits per heavy atom. The molecular weight excluding hydrogens is 280 g/mol. The summed E-state index contributed by atoms with van der Waals surface area (Å²) in [5.41, 5.74) is 5.83. The maximum atomic E-state index is 12.3. The first-order valence-electron chi connectivity index (χ1n) is 6.46. The van der Waals surface area contributed by atoms with Crippen molar-refractivity contribution in [2.45, 2.75) is 37.2 Å². The highest BCUT2D eigenvalue weighted by Gasteiger charge is 2.26. The van der Waals surface area contributed by atoms with Crippen LogP contribution in [-0.4, -0.2) is 32.3 Å². The van der Waals surface area contributed by atoms with Crippen LogP contribution in [0.15, 0.2) is 17.0 Å². The van der Waals surface area contributed by atoms with Gasteiger partial charge in [-0.05, 0) is 44.4 Å². The Morgan fingerprint density at radius 2 is 2.15 bits per heavy atom. The summed E-state index contributed by atoms with van der Waals surface area (Å²) in [7, 11) is -3.77. The number of aryl methyl sites for hydroxylation is 1. The summed E-state index contributed by atoms with van der Waals surface area (Å²) in [5.74, 6) is 0.369. The van der Waals surface area contributed by atoms with Crippen molar-refractivity contribution in [1.29, 1.82) is 0 Å². The average Bonchev–Trinajstić information content (AvgIpc) is 2.35. The Morgan fingerprint density at radius 3 is 2.80 bits per heavy atom. The van der Waals surface area contributed by atoms with Crippen molar-refractivity contribution in [3.8, 4) is 5.75 Å². The van der Waals surface area contributed by atoms with Gasteiger partial charge < -0.3 is 15.6 Å². The van der Waals surface area contributed by atoms with E-state index < -0.39 is 15.6 Å². The summed E-state index contributed by atoms with van der Waals surface area (Å²) in [5, 5.41) is 9.64. The molecule has 7 heteroatoms. The van der Waals surface area contributed by atoms with E-state index in [9.17, 15) is 13.5 Å². The van der Waals surface area contributed by atoms with Crippen LogP contribution in [0, 0.1) is 0 Å². The molecule has 0 saturated heterocycles. The molecule has 1 aromatic rings. The van der Waals surface area contributed by atoms with E-state index in [1.807, 2.05) is 0 Å². The fraction of sp³-hybridized carbons (Fsp3) is 0.538. The quantitative estimate of drug-likeness (QED) is 0.708. The highest BCUT2D eigenvalue weighted by molar-refractivity contribution is 7.89. The molecule has 0 aliphatic carbocycles. The van der Waals surface area contributed by atoms with Gasteiger partial charge in [0.05, 0.1) is 12.2 Å². The lowest BCUT2D eigenvalue weighted by Crippen LogP contribution is -2.38. The number of fused-ring (bicyclic) bond motifs is 1. The minimum Gasteiger partial charge on any atom is -0.492 e. The Hall–Kier alpha value is -1.31. The number of nitrogen functional groups attached to an aromatic ring is 1. The number of benzene rings is 1. The molecule has 6 nitrogen and oxygen atoms in total. The van der Waals surface area contributed by atoms with Crippen molar-refractivity contribution < 1.29 is 18.3 Å². The minimum absolute atomic E-state index is 0.0384. The third kappa shape index (κ3) is 3.41. The molecular formula is C13H20N2O4S. The molecule has 0 radical (unpaired) electrons. The van der Waals surface area contributed by atoms with Crippen LogP contribution in [0.3, 0.4) is 0 Å². The molecule has 0 spiro atoms. The Balaban J connectivity index is 2.38. The first-order chi connectivity index (χ1) is 9.19. The standard InChI is InChI=1S/C13H20N2O4S/c1-13(2,16)8-15-20(17,18)11-7-10(14)6-9-4-3-5-19-12(9)11/h6-7,15-16H,3-5,8,14H2,1-2H3. The van der Waals surface area contributed by atoms with Crippen LogP contribution >= 0.6 is 0 Å². The summed E-state index contributed by atoms with van der Waals surface area (Å²) in [6, 6.07) is 3.13. The monoisotopic (exact) mass is 300 g/mol. The largest absolute Gasteiger partial charge is 0.492 e. The zero-order valence-corrected chi connectivity index (χ0v) is 12.5. The Labute approximate surface area is 119 Å². The first-order valence-corrected chi connectivity index (χ1v) is 7.95. The van der Waals surface area contributed by atoms with Gasteiger partial charge in [0.1, 0.15) is 10.6 Å². The van der Waals surface area contributed by atoms with Gasteiger partial charge in [-0.1, -0.05) is 0 Å². The number of hydrogen-bond acceptors (Lipinski definition) is 5. The van der Waals surface area contributed by atoms with E-state index in [1.165, 1.54) is 19.9 Å². The maximum absolute atomic E-state index is 12.3. The number of nitrogens with one attached hydrogen (secondary N) is 1. The SMILES string of the molecule is CC(C)(O)CNS(=O)(=O)c1cc(N)cc2c1OCCC2. The van der Waals surface area contributed by atoms with Gasteiger partial charge in [-0.15, -0.1) is 0 Å². The number of nitrogens with two attached hydrogens (primary N) is 1. The number of ether oxygens (including phenoxy) is 1. The van der Waals surface area contributed by atoms with Gasteiger partial charge in [0, 0.05) is 12.2 Å². The highest BCUT2D eigenvalue weighted by Crippen LogP contribution is 2.34. The van der Waals surface area contributed by atoms with E-state index in [2.05, 4.69) is 4.72 Å². The first kappa shape index (κ1) is 15.1. The van der Waals surface area contributed by atoms with Crippen LogP contribution in [0.4, 0.5) is 5.69 Å². The van der Waals surface area contributed by atoms with E-state index in [1.54, 1.807) is 6.07 Å². The molecule has 1 aliphatic heterocycles. The minimum atomic E-state index is -3.77. The summed E-state index contributed by atoms with van der Waals surface area (Å²) < 4.78 is 32.6. The van der Waals surface area contributed by atoms with Gasteiger partial charge in [-0.3, -0.25) is 0 Å². The molecule has 0 atom stereocenters. The zero-order chi connectivity index (χ0) is 15.0. The molecule has 0 fully saturated rings. The summed E-state index contributed by atoms with van der Waals surface area (Å²) in [6.45, 7) is 3.46. The van der Waals surface area contributed by atoms with Gasteiger partial charge >= 0.3 is 0 Å². The second-order valence-corrected chi connectivity index (χ2v) is 7.33. The molecule has 0 unspecified atom stereocenters. The van der Waals surface area contributed by atoms with Crippen molar-refractivity contribution in [1.82, 2.24) is 4.72 Å². The fourth-order valence-corrected chi connectivity index (χ4v) is 3.44. The summed E-state index contributed by atoms with van der Waals surface area (Å²) >= 11 is 0. The summed E-state index contributed by atoms with van der Waals surface area (Å²) in [4.78, 5) is 0.0384. The molecule has 0 amide bonds. The van der Waals surface area contributed by atoms with E-state index >= 15 is 0 Å². The van der Waals surface area contributed by atoms with Gasteiger partial charge in [0.25, 0.3) is 0 Å². The molecule has 1 heterocycles. The van der Waals surface area contributed by atoms with Gasteiger partial charge in [-0.2, -0.15) is 0 Å². The molecule has 4 N–H and O–H groups in total. The van der Waals surface area contributed by atoms with Gasteiger partial charge in [-0.25, -0.2) is 13.1 Å².